The first-order valence-corrected chi connectivity index (χ1v) is 10.7. The van der Waals surface area contributed by atoms with E-state index in [0.29, 0.717) is 29.1 Å². The van der Waals surface area contributed by atoms with Crippen molar-refractivity contribution < 1.29 is 4.79 Å². The van der Waals surface area contributed by atoms with E-state index >= 15 is 0 Å². The molecule has 0 unspecified atom stereocenters. The number of nitriles is 1. The number of amides is 1. The summed E-state index contributed by atoms with van der Waals surface area (Å²) in [5.74, 6) is 0.400. The van der Waals surface area contributed by atoms with Crippen LogP contribution in [0.4, 0.5) is 0 Å². The molecule has 2 aromatic heterocycles. The van der Waals surface area contributed by atoms with Crippen LogP contribution in [0.2, 0.25) is 0 Å². The number of hydrogen-bond donors (Lipinski definition) is 1. The van der Waals surface area contributed by atoms with E-state index < -0.39 is 0 Å². The summed E-state index contributed by atoms with van der Waals surface area (Å²) in [6.45, 7) is 4.22. The lowest BCUT2D eigenvalue weighted by Crippen LogP contribution is -2.54. The van der Waals surface area contributed by atoms with Crippen LogP contribution in [-0.2, 0) is 0 Å². The molecule has 1 amide bonds. The van der Waals surface area contributed by atoms with Crippen LogP contribution in [0.25, 0.3) is 16.9 Å². The number of aryl methyl sites for hydroxylation is 1. The summed E-state index contributed by atoms with van der Waals surface area (Å²) in [4.78, 5) is 34.6. The van der Waals surface area contributed by atoms with E-state index in [2.05, 4.69) is 28.1 Å². The van der Waals surface area contributed by atoms with Crippen molar-refractivity contribution >= 4 is 5.91 Å². The molecule has 1 aliphatic carbocycles. The smallest absolute Gasteiger partial charge is 0.280 e. The Balaban J connectivity index is 1.38. The molecule has 3 aromatic rings. The summed E-state index contributed by atoms with van der Waals surface area (Å²) in [5, 5.41) is 12.0. The number of rotatable bonds is 3. The Labute approximate surface area is 185 Å². The maximum Gasteiger partial charge on any atom is 0.280 e. The van der Waals surface area contributed by atoms with E-state index in [-0.39, 0.29) is 17.0 Å². The first-order chi connectivity index (χ1) is 15.4. The normalized spacial score (nSPS) is 17.3. The summed E-state index contributed by atoms with van der Waals surface area (Å²) < 4.78 is 1.36. The van der Waals surface area contributed by atoms with Gasteiger partial charge in [-0.3, -0.25) is 19.6 Å². The quantitative estimate of drug-likeness (QED) is 0.690. The van der Waals surface area contributed by atoms with Gasteiger partial charge >= 0.3 is 0 Å². The van der Waals surface area contributed by atoms with Crippen LogP contribution in [-0.4, -0.2) is 62.7 Å². The number of hydrogen-bond acceptors (Lipinski definition) is 5. The average molecular weight is 428 g/mol. The van der Waals surface area contributed by atoms with Crippen molar-refractivity contribution in [2.45, 2.75) is 25.3 Å². The summed E-state index contributed by atoms with van der Waals surface area (Å²) in [7, 11) is 2.13. The molecule has 1 N–H and O–H groups in total. The minimum Gasteiger partial charge on any atom is -0.335 e. The molecule has 2 fully saturated rings. The van der Waals surface area contributed by atoms with Crippen molar-refractivity contribution in [1.82, 2.24) is 24.6 Å². The molecule has 32 heavy (non-hydrogen) atoms. The van der Waals surface area contributed by atoms with Crippen molar-refractivity contribution in [1.29, 1.82) is 5.26 Å². The van der Waals surface area contributed by atoms with Crippen LogP contribution in [0, 0.1) is 18.3 Å². The Morgan fingerprint density at radius 1 is 1.19 bits per heavy atom. The fourth-order valence-electron chi connectivity index (χ4n) is 4.52. The monoisotopic (exact) mass is 428 g/mol. The minimum atomic E-state index is -0.237. The number of nitrogens with one attached hydrogen (secondary N) is 1. The van der Waals surface area contributed by atoms with Crippen molar-refractivity contribution in [3.05, 3.63) is 69.8 Å². The second kappa shape index (κ2) is 7.46. The molecule has 3 heterocycles. The van der Waals surface area contributed by atoms with Gasteiger partial charge in [0, 0.05) is 37.6 Å². The van der Waals surface area contributed by atoms with Crippen LogP contribution in [0.15, 0.2) is 47.5 Å². The molecule has 2 aliphatic rings. The SMILES string of the molecule is Cc1cc(C#N)ccc1-c1c[nH]n(-c2ccc(C(=O)N3CCN(C)C4(CC4)C3)cn2)c1=O. The Kier molecular flexibility index (Phi) is 4.72. The van der Waals surface area contributed by atoms with E-state index in [0.717, 1.165) is 37.1 Å². The molecule has 1 saturated heterocycles. The molecular weight excluding hydrogens is 404 g/mol. The van der Waals surface area contributed by atoms with Gasteiger partial charge in [0.1, 0.15) is 0 Å². The van der Waals surface area contributed by atoms with Crippen molar-refractivity contribution in [2.75, 3.05) is 26.7 Å². The standard InChI is InChI=1S/C24H24N6O2/c1-16-11-17(12-25)3-5-19(16)20-14-27-30(23(20)32)21-6-4-18(13-26-21)22(31)29-10-9-28(2)24(15-29)7-8-24/h3-6,11,13-14,27H,7-10,15H2,1-2H3. The van der Waals surface area contributed by atoms with E-state index in [1.165, 1.54) is 10.9 Å². The Morgan fingerprint density at radius 3 is 2.66 bits per heavy atom. The second-order valence-corrected chi connectivity index (χ2v) is 8.75. The maximum atomic E-state index is 13.0. The zero-order valence-electron chi connectivity index (χ0n) is 18.1. The van der Waals surface area contributed by atoms with Crippen molar-refractivity contribution in [2.24, 2.45) is 0 Å². The topological polar surface area (TPSA) is 98.0 Å². The molecule has 1 aromatic carbocycles. The third-order valence-corrected chi connectivity index (χ3v) is 6.76. The average Bonchev–Trinajstić information content (AvgIpc) is 3.49. The first-order valence-electron chi connectivity index (χ1n) is 10.7. The third-order valence-electron chi connectivity index (χ3n) is 6.76. The van der Waals surface area contributed by atoms with Gasteiger partial charge in [-0.15, -0.1) is 0 Å². The van der Waals surface area contributed by atoms with Gasteiger partial charge in [0.05, 0.1) is 22.8 Å². The molecule has 0 atom stereocenters. The van der Waals surface area contributed by atoms with Crippen LogP contribution in [0.3, 0.4) is 0 Å². The molecule has 8 heteroatoms. The molecule has 5 rings (SSSR count). The molecule has 0 bridgehead atoms. The van der Waals surface area contributed by atoms with Gasteiger partial charge in [-0.25, -0.2) is 9.67 Å². The highest BCUT2D eigenvalue weighted by Crippen LogP contribution is 2.43. The van der Waals surface area contributed by atoms with E-state index in [1.807, 2.05) is 11.8 Å². The van der Waals surface area contributed by atoms with E-state index in [4.69, 9.17) is 5.26 Å². The van der Waals surface area contributed by atoms with Crippen molar-refractivity contribution in [3.63, 3.8) is 0 Å². The fourth-order valence-corrected chi connectivity index (χ4v) is 4.52. The minimum absolute atomic E-state index is 0.0174. The number of aromatic amines is 1. The molecule has 1 saturated carbocycles. The molecule has 1 spiro atoms. The number of piperazine rings is 1. The highest BCUT2D eigenvalue weighted by atomic mass is 16.2. The Bertz CT molecular complexity index is 1290. The summed E-state index contributed by atoms with van der Waals surface area (Å²) >= 11 is 0. The zero-order chi connectivity index (χ0) is 22.5. The van der Waals surface area contributed by atoms with Gasteiger partial charge < -0.3 is 4.90 Å². The molecule has 1 aliphatic heterocycles. The lowest BCUT2D eigenvalue weighted by molar-refractivity contribution is 0.0497. The van der Waals surface area contributed by atoms with Gasteiger partial charge in [0.15, 0.2) is 5.82 Å². The molecule has 162 valence electrons. The predicted octanol–water partition coefficient (Wildman–Crippen LogP) is 2.33. The highest BCUT2D eigenvalue weighted by Gasteiger charge is 2.50. The zero-order valence-corrected chi connectivity index (χ0v) is 18.1. The molecular formula is C24H24N6O2. The highest BCUT2D eigenvalue weighted by molar-refractivity contribution is 5.94. The van der Waals surface area contributed by atoms with E-state index in [1.54, 1.807) is 36.5 Å². The predicted molar refractivity (Wildman–Crippen MR) is 120 cm³/mol. The summed E-state index contributed by atoms with van der Waals surface area (Å²) in [5.41, 5.74) is 3.12. The van der Waals surface area contributed by atoms with Gasteiger partial charge in [-0.05, 0) is 62.2 Å². The number of carbonyl (C=O) groups excluding carboxylic acids is 1. The number of likely N-dealkylation sites (N-methyl/N-ethyl adjacent to an activating group) is 1. The third kappa shape index (κ3) is 3.31. The summed E-state index contributed by atoms with van der Waals surface area (Å²) in [6.07, 6.45) is 5.45. The maximum absolute atomic E-state index is 13.0. The number of nitrogens with zero attached hydrogens (tertiary/aromatic N) is 5. The number of H-pyrrole nitrogens is 1. The van der Waals surface area contributed by atoms with Crippen LogP contribution < -0.4 is 5.56 Å². The fraction of sp³-hybridized carbons (Fsp3) is 0.333. The van der Waals surface area contributed by atoms with Gasteiger partial charge in [-0.1, -0.05) is 6.07 Å². The Hall–Kier alpha value is -3.70. The Morgan fingerprint density at radius 2 is 2.00 bits per heavy atom. The van der Waals surface area contributed by atoms with Crippen LogP contribution >= 0.6 is 0 Å². The van der Waals surface area contributed by atoms with E-state index in [9.17, 15) is 9.59 Å². The number of aromatic nitrogens is 3. The molecule has 0 radical (unpaired) electrons. The number of benzene rings is 1. The van der Waals surface area contributed by atoms with Gasteiger partial charge in [0.2, 0.25) is 0 Å². The lowest BCUT2D eigenvalue weighted by atomic mass is 10.0. The first kappa shape index (κ1) is 20.2. The van der Waals surface area contributed by atoms with Gasteiger partial charge in [-0.2, -0.15) is 5.26 Å². The number of pyridine rings is 1. The van der Waals surface area contributed by atoms with Crippen LogP contribution in [0.1, 0.15) is 34.3 Å². The molecule has 8 nitrogen and oxygen atoms in total. The number of carbonyl (C=O) groups is 1. The summed E-state index contributed by atoms with van der Waals surface area (Å²) in [6, 6.07) is 10.7. The lowest BCUT2D eigenvalue weighted by Gasteiger charge is -2.40. The second-order valence-electron chi connectivity index (χ2n) is 8.75. The van der Waals surface area contributed by atoms with Crippen molar-refractivity contribution in [3.8, 4) is 23.0 Å². The largest absolute Gasteiger partial charge is 0.335 e. The van der Waals surface area contributed by atoms with Crippen LogP contribution in [0.5, 0.6) is 0 Å². The van der Waals surface area contributed by atoms with Gasteiger partial charge in [0.25, 0.3) is 11.5 Å².